The summed E-state index contributed by atoms with van der Waals surface area (Å²) in [7, 11) is 0. The van der Waals surface area contributed by atoms with Crippen LogP contribution in [-0.4, -0.2) is 24.0 Å². The molecule has 3 rings (SSSR count). The summed E-state index contributed by atoms with van der Waals surface area (Å²) in [5, 5.41) is 6.19. The molecule has 1 N–H and O–H groups in total. The van der Waals surface area contributed by atoms with E-state index in [9.17, 15) is 4.79 Å². The fraction of sp³-hybridized carbons (Fsp3) is 0.600. The fourth-order valence-corrected chi connectivity index (χ4v) is 3.66. The Morgan fingerprint density at radius 3 is 3.00 bits per heavy atom. The van der Waals surface area contributed by atoms with Gasteiger partial charge >= 0.3 is 0 Å². The van der Waals surface area contributed by atoms with E-state index in [4.69, 9.17) is 0 Å². The first-order valence-electron chi connectivity index (χ1n) is 7.45. The lowest BCUT2D eigenvalue weighted by Gasteiger charge is -2.16. The lowest BCUT2D eigenvalue weighted by Crippen LogP contribution is -2.30. The van der Waals surface area contributed by atoms with E-state index in [1.54, 1.807) is 11.3 Å². The topological polar surface area (TPSA) is 45.2 Å². The summed E-state index contributed by atoms with van der Waals surface area (Å²) in [6, 6.07) is 0. The summed E-state index contributed by atoms with van der Waals surface area (Å²) in [4.78, 5) is 19.0. The molecule has 1 unspecified atom stereocenters. The molecule has 0 radical (unpaired) electrons. The predicted molar refractivity (Wildman–Crippen MR) is 81.9 cm³/mol. The zero-order valence-corrected chi connectivity index (χ0v) is 12.5. The summed E-state index contributed by atoms with van der Waals surface area (Å²) in [6.45, 7) is 2.80. The van der Waals surface area contributed by atoms with Gasteiger partial charge in [-0.25, -0.2) is 4.98 Å². The Morgan fingerprint density at radius 1 is 1.40 bits per heavy atom. The largest absolute Gasteiger partial charge is 0.350 e. The number of carbonyl (C=O) groups is 1. The number of hydrogen-bond donors (Lipinski definition) is 1. The number of aromatic nitrogens is 1. The molecule has 1 aliphatic carbocycles. The average Bonchev–Trinajstić information content (AvgIpc) is 3.16. The van der Waals surface area contributed by atoms with Gasteiger partial charge in [-0.05, 0) is 32.1 Å². The number of thiazole rings is 1. The van der Waals surface area contributed by atoms with E-state index in [0.29, 0.717) is 6.54 Å². The Bertz CT molecular complexity index is 491. The van der Waals surface area contributed by atoms with Crippen molar-refractivity contribution in [2.24, 2.45) is 5.92 Å². The van der Waals surface area contributed by atoms with Crippen molar-refractivity contribution < 1.29 is 4.79 Å². The molecule has 1 fully saturated rings. The Kier molecular flexibility index (Phi) is 4.35. The van der Waals surface area contributed by atoms with E-state index in [1.807, 2.05) is 0 Å². The van der Waals surface area contributed by atoms with Crippen molar-refractivity contribution in [1.82, 2.24) is 10.3 Å². The van der Waals surface area contributed by atoms with Gasteiger partial charge in [-0.3, -0.25) is 4.79 Å². The lowest BCUT2D eigenvalue weighted by molar-refractivity contribution is -0.125. The number of anilines is 1. The van der Waals surface area contributed by atoms with Crippen LogP contribution < -0.4 is 10.2 Å². The molecular weight excluding hydrogens is 270 g/mol. The van der Waals surface area contributed by atoms with Crippen molar-refractivity contribution in [2.45, 2.75) is 38.6 Å². The number of rotatable bonds is 4. The minimum absolute atomic E-state index is 0.150. The van der Waals surface area contributed by atoms with Gasteiger partial charge < -0.3 is 10.2 Å². The second kappa shape index (κ2) is 6.39. The summed E-state index contributed by atoms with van der Waals surface area (Å²) in [5.41, 5.74) is 0.983. The third kappa shape index (κ3) is 3.20. The zero-order valence-electron chi connectivity index (χ0n) is 11.7. The Balaban J connectivity index is 1.50. The quantitative estimate of drug-likeness (QED) is 0.868. The first-order chi connectivity index (χ1) is 9.83. The first kappa shape index (κ1) is 13.6. The molecule has 2 aliphatic rings. The molecule has 1 aromatic rings. The molecule has 2 heterocycles. The lowest BCUT2D eigenvalue weighted by atomic mass is 9.94. The van der Waals surface area contributed by atoms with Gasteiger partial charge in [0.2, 0.25) is 5.91 Å². The Morgan fingerprint density at radius 2 is 2.25 bits per heavy atom. The normalized spacial score (nSPS) is 22.2. The van der Waals surface area contributed by atoms with Crippen LogP contribution in [-0.2, 0) is 11.3 Å². The molecule has 1 amide bonds. The van der Waals surface area contributed by atoms with Crippen LogP contribution >= 0.6 is 11.3 Å². The number of hydrogen-bond acceptors (Lipinski definition) is 4. The van der Waals surface area contributed by atoms with Crippen LogP contribution in [0.1, 0.15) is 37.8 Å². The first-order valence-corrected chi connectivity index (χ1v) is 8.33. The number of carbonyl (C=O) groups excluding carboxylic acids is 1. The van der Waals surface area contributed by atoms with Gasteiger partial charge in [0.05, 0.1) is 12.2 Å². The van der Waals surface area contributed by atoms with E-state index in [0.717, 1.165) is 43.2 Å². The molecule has 1 aromatic heterocycles. The maximum atomic E-state index is 12.1. The Hall–Kier alpha value is -1.36. The van der Waals surface area contributed by atoms with E-state index in [-0.39, 0.29) is 11.8 Å². The van der Waals surface area contributed by atoms with Crippen LogP contribution in [0.25, 0.3) is 0 Å². The van der Waals surface area contributed by atoms with Crippen LogP contribution in [0.2, 0.25) is 0 Å². The molecule has 5 heteroatoms. The van der Waals surface area contributed by atoms with Crippen molar-refractivity contribution in [2.75, 3.05) is 18.0 Å². The second-order valence-electron chi connectivity index (χ2n) is 5.51. The number of amides is 1. The van der Waals surface area contributed by atoms with Gasteiger partial charge in [0.1, 0.15) is 0 Å². The van der Waals surface area contributed by atoms with Crippen molar-refractivity contribution in [1.29, 1.82) is 0 Å². The second-order valence-corrected chi connectivity index (χ2v) is 6.35. The van der Waals surface area contributed by atoms with Crippen LogP contribution in [0, 0.1) is 5.92 Å². The highest BCUT2D eigenvalue weighted by molar-refractivity contribution is 7.13. The monoisotopic (exact) mass is 291 g/mol. The SMILES string of the molecule is O=C(NCc1csc(N2CCCC2)n1)C1CC=CCC1. The van der Waals surface area contributed by atoms with Gasteiger partial charge in [0.25, 0.3) is 0 Å². The number of allylic oxidation sites excluding steroid dienone is 2. The molecule has 1 saturated heterocycles. The fourth-order valence-electron chi connectivity index (χ4n) is 2.78. The predicted octanol–water partition coefficient (Wildman–Crippen LogP) is 2.72. The third-order valence-corrected chi connectivity index (χ3v) is 4.95. The molecule has 0 spiro atoms. The van der Waals surface area contributed by atoms with Gasteiger partial charge in [-0.1, -0.05) is 12.2 Å². The third-order valence-electron chi connectivity index (χ3n) is 4.00. The summed E-state index contributed by atoms with van der Waals surface area (Å²) >= 11 is 1.69. The van der Waals surface area contributed by atoms with Crippen molar-refractivity contribution >= 4 is 22.4 Å². The maximum absolute atomic E-state index is 12.1. The molecule has 0 saturated carbocycles. The molecule has 1 atom stereocenters. The standard InChI is InChI=1S/C15H21N3OS/c19-14(12-6-2-1-3-7-12)16-10-13-11-20-15(17-13)18-8-4-5-9-18/h1-2,11-12H,3-10H2,(H,16,19). The average molecular weight is 291 g/mol. The molecule has 0 bridgehead atoms. The van der Waals surface area contributed by atoms with Crippen molar-refractivity contribution in [3.8, 4) is 0 Å². The summed E-state index contributed by atoms with van der Waals surface area (Å²) in [6.07, 6.45) is 9.67. The van der Waals surface area contributed by atoms with Crippen LogP contribution in [0.15, 0.2) is 17.5 Å². The minimum atomic E-state index is 0.150. The van der Waals surface area contributed by atoms with Crippen LogP contribution in [0.3, 0.4) is 0 Å². The van der Waals surface area contributed by atoms with Crippen LogP contribution in [0.5, 0.6) is 0 Å². The maximum Gasteiger partial charge on any atom is 0.223 e. The Labute approximate surface area is 123 Å². The number of nitrogens with one attached hydrogen (secondary N) is 1. The highest BCUT2D eigenvalue weighted by Gasteiger charge is 2.19. The van der Waals surface area contributed by atoms with Gasteiger partial charge in [-0.2, -0.15) is 0 Å². The van der Waals surface area contributed by atoms with E-state index < -0.39 is 0 Å². The van der Waals surface area contributed by atoms with Crippen LogP contribution in [0.4, 0.5) is 5.13 Å². The molecule has 20 heavy (non-hydrogen) atoms. The van der Waals surface area contributed by atoms with Crippen molar-refractivity contribution in [3.05, 3.63) is 23.2 Å². The van der Waals surface area contributed by atoms with Gasteiger partial charge in [0.15, 0.2) is 5.13 Å². The molecular formula is C15H21N3OS. The molecule has 108 valence electrons. The molecule has 1 aliphatic heterocycles. The highest BCUT2D eigenvalue weighted by Crippen LogP contribution is 2.24. The van der Waals surface area contributed by atoms with E-state index >= 15 is 0 Å². The van der Waals surface area contributed by atoms with Crippen molar-refractivity contribution in [3.63, 3.8) is 0 Å². The van der Waals surface area contributed by atoms with E-state index in [1.165, 1.54) is 12.8 Å². The number of nitrogens with zero attached hydrogens (tertiary/aromatic N) is 2. The van der Waals surface area contributed by atoms with Gasteiger partial charge in [-0.15, -0.1) is 11.3 Å². The molecule has 0 aromatic carbocycles. The smallest absolute Gasteiger partial charge is 0.223 e. The van der Waals surface area contributed by atoms with Gasteiger partial charge in [0, 0.05) is 24.4 Å². The zero-order chi connectivity index (χ0) is 13.8. The summed E-state index contributed by atoms with van der Waals surface area (Å²) < 4.78 is 0. The summed E-state index contributed by atoms with van der Waals surface area (Å²) in [5.74, 6) is 0.321. The molecule has 4 nitrogen and oxygen atoms in total. The highest BCUT2D eigenvalue weighted by atomic mass is 32.1. The minimum Gasteiger partial charge on any atom is -0.350 e. The van der Waals surface area contributed by atoms with E-state index in [2.05, 4.69) is 32.7 Å².